The lowest BCUT2D eigenvalue weighted by molar-refractivity contribution is 0.102. The Morgan fingerprint density at radius 2 is 2.21 bits per heavy atom. The van der Waals surface area contributed by atoms with Crippen molar-refractivity contribution in [2.24, 2.45) is 0 Å². The third-order valence-electron chi connectivity index (χ3n) is 3.09. The van der Waals surface area contributed by atoms with Crippen molar-refractivity contribution in [1.82, 2.24) is 15.4 Å². The number of fused-ring (bicyclic) bond motifs is 1. The quantitative estimate of drug-likeness (QED) is 0.737. The van der Waals surface area contributed by atoms with E-state index in [2.05, 4.69) is 20.7 Å². The smallest absolute Gasteiger partial charge is 0.258 e. The van der Waals surface area contributed by atoms with E-state index in [1.165, 1.54) is 0 Å². The molecular weight excluding hydrogens is 244 g/mol. The van der Waals surface area contributed by atoms with Gasteiger partial charge in [-0.15, -0.1) is 0 Å². The Morgan fingerprint density at radius 3 is 2.95 bits per heavy atom. The highest BCUT2D eigenvalue weighted by atomic mass is 16.5. The van der Waals surface area contributed by atoms with Crippen LogP contribution in [0.5, 0.6) is 0 Å². The summed E-state index contributed by atoms with van der Waals surface area (Å²) in [4.78, 5) is 12.1. The van der Waals surface area contributed by atoms with Crippen LogP contribution in [-0.4, -0.2) is 21.3 Å². The molecule has 1 amide bonds. The van der Waals surface area contributed by atoms with E-state index >= 15 is 0 Å². The van der Waals surface area contributed by atoms with Crippen molar-refractivity contribution in [3.8, 4) is 0 Å². The van der Waals surface area contributed by atoms with Gasteiger partial charge in [-0.25, -0.2) is 0 Å². The van der Waals surface area contributed by atoms with Crippen molar-refractivity contribution < 1.29 is 9.32 Å². The lowest BCUT2D eigenvalue weighted by atomic mass is 10.1. The van der Waals surface area contributed by atoms with Crippen molar-refractivity contribution in [1.29, 1.82) is 0 Å². The highest BCUT2D eigenvalue weighted by molar-refractivity contribution is 6.05. The first kappa shape index (κ1) is 11.5. The number of hydrogen-bond acceptors (Lipinski definition) is 4. The van der Waals surface area contributed by atoms with Gasteiger partial charge in [0, 0.05) is 16.5 Å². The molecule has 2 heterocycles. The zero-order valence-electron chi connectivity index (χ0n) is 10.5. The molecule has 0 spiro atoms. The molecule has 0 aliphatic carbocycles. The number of H-pyrrole nitrogens is 1. The molecule has 2 N–H and O–H groups in total. The molecule has 3 rings (SSSR count). The van der Waals surface area contributed by atoms with Crippen LogP contribution in [0.2, 0.25) is 0 Å². The van der Waals surface area contributed by atoms with E-state index in [9.17, 15) is 4.79 Å². The monoisotopic (exact) mass is 256 g/mol. The summed E-state index contributed by atoms with van der Waals surface area (Å²) in [6.45, 7) is 3.67. The number of rotatable bonds is 2. The van der Waals surface area contributed by atoms with Gasteiger partial charge in [0.05, 0.1) is 17.4 Å². The third kappa shape index (κ3) is 1.97. The SMILES string of the molecule is Cc1noc(NC(=O)c2ccc3cn[nH]c3c2)c1C. The van der Waals surface area contributed by atoms with Crippen LogP contribution < -0.4 is 5.32 Å². The first-order valence-corrected chi connectivity index (χ1v) is 5.82. The van der Waals surface area contributed by atoms with Crippen LogP contribution in [0.25, 0.3) is 10.9 Å². The van der Waals surface area contributed by atoms with Crippen LogP contribution in [0, 0.1) is 13.8 Å². The molecule has 0 bridgehead atoms. The van der Waals surface area contributed by atoms with Crippen LogP contribution in [0.15, 0.2) is 28.9 Å². The third-order valence-corrected chi connectivity index (χ3v) is 3.09. The molecular formula is C13H12N4O2. The highest BCUT2D eigenvalue weighted by Gasteiger charge is 2.13. The van der Waals surface area contributed by atoms with Gasteiger partial charge in [-0.2, -0.15) is 5.10 Å². The summed E-state index contributed by atoms with van der Waals surface area (Å²) >= 11 is 0. The Morgan fingerprint density at radius 1 is 1.37 bits per heavy atom. The van der Waals surface area contributed by atoms with Crippen LogP contribution in [0.4, 0.5) is 5.88 Å². The summed E-state index contributed by atoms with van der Waals surface area (Å²) in [7, 11) is 0. The second kappa shape index (κ2) is 4.24. The second-order valence-corrected chi connectivity index (χ2v) is 4.35. The lowest BCUT2D eigenvalue weighted by Crippen LogP contribution is -2.11. The van der Waals surface area contributed by atoms with E-state index in [1.54, 1.807) is 18.3 Å². The first-order chi connectivity index (χ1) is 9.15. The van der Waals surface area contributed by atoms with Gasteiger partial charge in [-0.1, -0.05) is 11.2 Å². The molecule has 2 aromatic heterocycles. The van der Waals surface area contributed by atoms with Gasteiger partial charge in [-0.05, 0) is 26.0 Å². The maximum absolute atomic E-state index is 12.1. The number of carbonyl (C=O) groups is 1. The summed E-state index contributed by atoms with van der Waals surface area (Å²) in [5.41, 5.74) is 2.94. The molecule has 0 aliphatic rings. The van der Waals surface area contributed by atoms with E-state index in [1.807, 2.05) is 19.9 Å². The molecule has 0 saturated heterocycles. The number of carbonyl (C=O) groups excluding carboxylic acids is 1. The Bertz CT molecular complexity index is 757. The summed E-state index contributed by atoms with van der Waals surface area (Å²) < 4.78 is 5.06. The van der Waals surface area contributed by atoms with Crippen LogP contribution >= 0.6 is 0 Å². The van der Waals surface area contributed by atoms with Crippen molar-refractivity contribution in [2.45, 2.75) is 13.8 Å². The van der Waals surface area contributed by atoms with E-state index in [0.717, 1.165) is 22.2 Å². The number of amides is 1. The molecule has 0 fully saturated rings. The molecule has 19 heavy (non-hydrogen) atoms. The average Bonchev–Trinajstić information content (AvgIpc) is 2.99. The van der Waals surface area contributed by atoms with Gasteiger partial charge in [0.15, 0.2) is 0 Å². The molecule has 96 valence electrons. The van der Waals surface area contributed by atoms with Crippen LogP contribution in [0.3, 0.4) is 0 Å². The zero-order valence-corrected chi connectivity index (χ0v) is 10.5. The predicted octanol–water partition coefficient (Wildman–Crippen LogP) is 2.42. The van der Waals surface area contributed by atoms with Gasteiger partial charge < -0.3 is 4.52 Å². The molecule has 0 atom stereocenters. The Kier molecular flexibility index (Phi) is 2.56. The van der Waals surface area contributed by atoms with Crippen molar-refractivity contribution in [3.05, 3.63) is 41.2 Å². The minimum Gasteiger partial charge on any atom is -0.338 e. The number of anilines is 1. The molecule has 0 unspecified atom stereocenters. The van der Waals surface area contributed by atoms with Gasteiger partial charge in [-0.3, -0.25) is 15.2 Å². The molecule has 0 saturated carbocycles. The summed E-state index contributed by atoms with van der Waals surface area (Å²) in [6.07, 6.45) is 1.71. The Labute approximate surface area is 108 Å². The molecule has 1 aromatic carbocycles. The molecule has 0 radical (unpaired) electrons. The van der Waals surface area contributed by atoms with Crippen molar-refractivity contribution >= 4 is 22.7 Å². The number of aromatic amines is 1. The molecule has 0 aliphatic heterocycles. The fourth-order valence-corrected chi connectivity index (χ4v) is 1.79. The number of benzene rings is 1. The molecule has 3 aromatic rings. The first-order valence-electron chi connectivity index (χ1n) is 5.82. The van der Waals surface area contributed by atoms with Crippen LogP contribution in [-0.2, 0) is 0 Å². The van der Waals surface area contributed by atoms with Gasteiger partial charge >= 0.3 is 0 Å². The second-order valence-electron chi connectivity index (χ2n) is 4.35. The van der Waals surface area contributed by atoms with E-state index in [-0.39, 0.29) is 5.91 Å². The normalized spacial score (nSPS) is 10.8. The highest BCUT2D eigenvalue weighted by Crippen LogP contribution is 2.19. The van der Waals surface area contributed by atoms with Crippen LogP contribution in [0.1, 0.15) is 21.6 Å². The van der Waals surface area contributed by atoms with Gasteiger partial charge in [0.1, 0.15) is 0 Å². The van der Waals surface area contributed by atoms with E-state index < -0.39 is 0 Å². The number of nitrogens with zero attached hydrogens (tertiary/aromatic N) is 2. The largest absolute Gasteiger partial charge is 0.338 e. The predicted molar refractivity (Wildman–Crippen MR) is 70.0 cm³/mol. The Hall–Kier alpha value is -2.63. The van der Waals surface area contributed by atoms with E-state index in [4.69, 9.17) is 4.52 Å². The fourth-order valence-electron chi connectivity index (χ4n) is 1.79. The Balaban J connectivity index is 1.89. The van der Waals surface area contributed by atoms with E-state index in [0.29, 0.717) is 11.4 Å². The number of aryl methyl sites for hydroxylation is 1. The maximum Gasteiger partial charge on any atom is 0.258 e. The van der Waals surface area contributed by atoms with Gasteiger partial charge in [0.25, 0.3) is 5.91 Å². The minimum absolute atomic E-state index is 0.240. The number of aromatic nitrogens is 3. The zero-order chi connectivity index (χ0) is 13.4. The topological polar surface area (TPSA) is 83.8 Å². The molecule has 6 heteroatoms. The maximum atomic E-state index is 12.1. The fraction of sp³-hybridized carbons (Fsp3) is 0.154. The summed E-state index contributed by atoms with van der Waals surface area (Å²) in [5, 5.41) is 14.2. The van der Waals surface area contributed by atoms with Crippen molar-refractivity contribution in [3.63, 3.8) is 0 Å². The van der Waals surface area contributed by atoms with Gasteiger partial charge in [0.2, 0.25) is 5.88 Å². The number of hydrogen-bond donors (Lipinski definition) is 2. The molecule has 6 nitrogen and oxygen atoms in total. The number of nitrogens with one attached hydrogen (secondary N) is 2. The minimum atomic E-state index is -0.240. The lowest BCUT2D eigenvalue weighted by Gasteiger charge is -2.02. The standard InChI is InChI=1S/C13H12N4O2/c1-7-8(2)17-19-13(7)15-12(18)9-3-4-10-6-14-16-11(10)5-9/h3-6H,1-2H3,(H,14,16)(H,15,18). The van der Waals surface area contributed by atoms with Crippen molar-refractivity contribution in [2.75, 3.05) is 5.32 Å². The average molecular weight is 256 g/mol. The summed E-state index contributed by atoms with van der Waals surface area (Å²) in [5.74, 6) is 0.142. The summed E-state index contributed by atoms with van der Waals surface area (Å²) in [6, 6.07) is 5.33.